The van der Waals surface area contributed by atoms with Crippen LogP contribution in [-0.4, -0.2) is 46.9 Å². The average Bonchev–Trinajstić information content (AvgIpc) is 2.51. The molecule has 0 bridgehead atoms. The number of aryl methyl sites for hydroxylation is 1. The predicted octanol–water partition coefficient (Wildman–Crippen LogP) is 2.07. The predicted molar refractivity (Wildman–Crippen MR) is 91.8 cm³/mol. The van der Waals surface area contributed by atoms with Crippen LogP contribution in [0.25, 0.3) is 0 Å². The van der Waals surface area contributed by atoms with E-state index in [4.69, 9.17) is 5.11 Å². The Kier molecular flexibility index (Phi) is 7.42. The van der Waals surface area contributed by atoms with E-state index in [0.29, 0.717) is 18.5 Å². The maximum atomic E-state index is 12.7. The molecule has 0 aliphatic carbocycles. The Morgan fingerprint density at radius 2 is 1.83 bits per heavy atom. The van der Waals surface area contributed by atoms with E-state index in [9.17, 15) is 14.4 Å². The van der Waals surface area contributed by atoms with Gasteiger partial charge >= 0.3 is 5.97 Å². The van der Waals surface area contributed by atoms with E-state index >= 15 is 0 Å². The fourth-order valence-corrected chi connectivity index (χ4v) is 2.46. The minimum Gasteiger partial charge on any atom is -0.480 e. The van der Waals surface area contributed by atoms with E-state index < -0.39 is 12.0 Å². The van der Waals surface area contributed by atoms with Gasteiger partial charge in [-0.3, -0.25) is 14.4 Å². The number of carboxylic acid groups (broad SMARTS) is 1. The van der Waals surface area contributed by atoms with Crippen molar-refractivity contribution in [2.24, 2.45) is 5.92 Å². The van der Waals surface area contributed by atoms with Gasteiger partial charge in [0.1, 0.15) is 12.6 Å². The van der Waals surface area contributed by atoms with E-state index in [-0.39, 0.29) is 24.3 Å². The van der Waals surface area contributed by atoms with Crippen LogP contribution < -0.4 is 5.32 Å². The number of nitrogens with one attached hydrogen (secondary N) is 1. The molecule has 1 rings (SSSR count). The van der Waals surface area contributed by atoms with Crippen LogP contribution in [0.1, 0.15) is 43.1 Å². The van der Waals surface area contributed by atoms with Crippen molar-refractivity contribution in [1.82, 2.24) is 10.2 Å². The fourth-order valence-electron chi connectivity index (χ4n) is 2.46. The lowest BCUT2D eigenvalue weighted by Crippen LogP contribution is -2.52. The van der Waals surface area contributed by atoms with Gasteiger partial charge in [0, 0.05) is 12.1 Å². The topological polar surface area (TPSA) is 86.7 Å². The van der Waals surface area contributed by atoms with Gasteiger partial charge in [-0.1, -0.05) is 39.0 Å². The first-order valence-corrected chi connectivity index (χ1v) is 8.15. The summed E-state index contributed by atoms with van der Waals surface area (Å²) in [7, 11) is 0. The molecule has 24 heavy (non-hydrogen) atoms. The van der Waals surface area contributed by atoms with Gasteiger partial charge in [-0.2, -0.15) is 0 Å². The SMILES string of the molecule is CCCN(CC(=O)O)C(=O)C(NC(=O)c1ccccc1C)C(C)C. The Hall–Kier alpha value is -2.37. The molecule has 0 saturated heterocycles. The highest BCUT2D eigenvalue weighted by Crippen LogP contribution is 2.11. The third-order valence-electron chi connectivity index (χ3n) is 3.74. The molecule has 2 amide bonds. The zero-order valence-corrected chi connectivity index (χ0v) is 14.7. The summed E-state index contributed by atoms with van der Waals surface area (Å²) in [5.41, 5.74) is 1.33. The van der Waals surface area contributed by atoms with Crippen LogP contribution >= 0.6 is 0 Å². The lowest BCUT2D eigenvalue weighted by molar-refractivity contribution is -0.145. The van der Waals surface area contributed by atoms with Crippen molar-refractivity contribution in [2.45, 2.75) is 40.2 Å². The van der Waals surface area contributed by atoms with Crippen LogP contribution in [0.2, 0.25) is 0 Å². The number of nitrogens with zero attached hydrogens (tertiary/aromatic N) is 1. The van der Waals surface area contributed by atoms with Gasteiger partial charge in [0.2, 0.25) is 5.91 Å². The zero-order chi connectivity index (χ0) is 18.3. The van der Waals surface area contributed by atoms with Gasteiger partial charge in [0.05, 0.1) is 0 Å². The fraction of sp³-hybridized carbons (Fsp3) is 0.500. The molecular weight excluding hydrogens is 308 g/mol. The first-order valence-electron chi connectivity index (χ1n) is 8.15. The molecule has 0 heterocycles. The van der Waals surface area contributed by atoms with Gasteiger partial charge < -0.3 is 15.3 Å². The molecule has 6 heteroatoms. The Balaban J connectivity index is 2.96. The second-order valence-corrected chi connectivity index (χ2v) is 6.16. The summed E-state index contributed by atoms with van der Waals surface area (Å²) in [4.78, 5) is 37.5. The summed E-state index contributed by atoms with van der Waals surface area (Å²) in [6.07, 6.45) is 0.648. The van der Waals surface area contributed by atoms with Gasteiger partial charge in [0.15, 0.2) is 0 Å². The molecule has 2 N–H and O–H groups in total. The third-order valence-corrected chi connectivity index (χ3v) is 3.74. The Labute approximate surface area is 142 Å². The van der Waals surface area contributed by atoms with E-state index in [2.05, 4.69) is 5.32 Å². The normalized spacial score (nSPS) is 11.9. The molecular formula is C18H26N2O4. The molecule has 0 aliphatic rings. The molecule has 0 fully saturated rings. The molecule has 132 valence electrons. The Morgan fingerprint density at radius 3 is 2.33 bits per heavy atom. The Bertz CT molecular complexity index is 598. The molecule has 1 unspecified atom stereocenters. The minimum absolute atomic E-state index is 0.154. The first-order chi connectivity index (χ1) is 11.3. The summed E-state index contributed by atoms with van der Waals surface area (Å²) in [6, 6.07) is 6.38. The standard InChI is InChI=1S/C18H26N2O4/c1-5-10-20(11-15(21)22)18(24)16(12(2)3)19-17(23)14-9-7-6-8-13(14)4/h6-9,12,16H,5,10-11H2,1-4H3,(H,19,23)(H,21,22). The number of aliphatic carboxylic acids is 1. The number of benzene rings is 1. The molecule has 1 atom stereocenters. The molecule has 0 saturated carbocycles. The van der Waals surface area contributed by atoms with Gasteiger partial charge in [-0.25, -0.2) is 0 Å². The van der Waals surface area contributed by atoms with Crippen molar-refractivity contribution >= 4 is 17.8 Å². The van der Waals surface area contributed by atoms with Crippen LogP contribution in [-0.2, 0) is 9.59 Å². The molecule has 1 aromatic rings. The maximum Gasteiger partial charge on any atom is 0.323 e. The maximum absolute atomic E-state index is 12.7. The number of rotatable bonds is 8. The summed E-state index contributed by atoms with van der Waals surface area (Å²) in [5, 5.41) is 11.8. The lowest BCUT2D eigenvalue weighted by Gasteiger charge is -2.28. The smallest absolute Gasteiger partial charge is 0.323 e. The molecule has 1 aromatic carbocycles. The van der Waals surface area contributed by atoms with Gasteiger partial charge in [-0.15, -0.1) is 0 Å². The monoisotopic (exact) mass is 334 g/mol. The average molecular weight is 334 g/mol. The van der Waals surface area contributed by atoms with Gasteiger partial charge in [-0.05, 0) is 30.9 Å². The molecule has 0 aromatic heterocycles. The zero-order valence-electron chi connectivity index (χ0n) is 14.7. The van der Waals surface area contributed by atoms with Crippen molar-refractivity contribution in [2.75, 3.05) is 13.1 Å². The highest BCUT2D eigenvalue weighted by molar-refractivity contribution is 5.99. The summed E-state index contributed by atoms with van der Waals surface area (Å²) in [5.74, 6) is -1.91. The van der Waals surface area contributed by atoms with E-state index in [0.717, 1.165) is 5.56 Å². The van der Waals surface area contributed by atoms with Crippen LogP contribution in [0.5, 0.6) is 0 Å². The molecule has 0 radical (unpaired) electrons. The van der Waals surface area contributed by atoms with Crippen LogP contribution in [0, 0.1) is 12.8 Å². The third kappa shape index (κ3) is 5.37. The lowest BCUT2D eigenvalue weighted by atomic mass is 10.0. The van der Waals surface area contributed by atoms with E-state index in [1.54, 1.807) is 12.1 Å². The van der Waals surface area contributed by atoms with Crippen molar-refractivity contribution in [1.29, 1.82) is 0 Å². The minimum atomic E-state index is -1.07. The van der Waals surface area contributed by atoms with Gasteiger partial charge in [0.25, 0.3) is 5.91 Å². The number of hydrogen-bond donors (Lipinski definition) is 2. The van der Waals surface area contributed by atoms with E-state index in [1.165, 1.54) is 4.90 Å². The van der Waals surface area contributed by atoms with Crippen LogP contribution in [0.3, 0.4) is 0 Å². The Morgan fingerprint density at radius 1 is 1.21 bits per heavy atom. The summed E-state index contributed by atoms with van der Waals surface area (Å²) < 4.78 is 0. The highest BCUT2D eigenvalue weighted by Gasteiger charge is 2.29. The van der Waals surface area contributed by atoms with Crippen molar-refractivity contribution in [3.8, 4) is 0 Å². The summed E-state index contributed by atoms with van der Waals surface area (Å²) >= 11 is 0. The first kappa shape index (κ1) is 19.7. The second kappa shape index (κ2) is 9.05. The largest absolute Gasteiger partial charge is 0.480 e. The number of hydrogen-bond acceptors (Lipinski definition) is 3. The highest BCUT2D eigenvalue weighted by atomic mass is 16.4. The number of carbonyl (C=O) groups is 3. The van der Waals surface area contributed by atoms with Crippen LogP contribution in [0.4, 0.5) is 0 Å². The van der Waals surface area contributed by atoms with E-state index in [1.807, 2.05) is 39.8 Å². The van der Waals surface area contributed by atoms with Crippen molar-refractivity contribution in [3.63, 3.8) is 0 Å². The molecule has 0 spiro atoms. The number of carboxylic acids is 1. The quantitative estimate of drug-likeness (QED) is 0.762. The number of carbonyl (C=O) groups excluding carboxylic acids is 2. The van der Waals surface area contributed by atoms with Crippen LogP contribution in [0.15, 0.2) is 24.3 Å². The van der Waals surface area contributed by atoms with Crippen molar-refractivity contribution < 1.29 is 19.5 Å². The molecule has 6 nitrogen and oxygen atoms in total. The summed E-state index contributed by atoms with van der Waals surface area (Å²) in [6.45, 7) is 7.33. The number of amides is 2. The van der Waals surface area contributed by atoms with Crippen molar-refractivity contribution in [3.05, 3.63) is 35.4 Å². The molecule has 0 aliphatic heterocycles. The second-order valence-electron chi connectivity index (χ2n) is 6.16.